The van der Waals surface area contributed by atoms with Crippen LogP contribution in [0.3, 0.4) is 0 Å². The number of hydrogen-bond donors (Lipinski definition) is 0. The van der Waals surface area contributed by atoms with Crippen molar-refractivity contribution in [2.75, 3.05) is 0 Å². The molecule has 6 aromatic carbocycles. The summed E-state index contributed by atoms with van der Waals surface area (Å²) >= 11 is -13.6. The summed E-state index contributed by atoms with van der Waals surface area (Å²) in [7, 11) is 41.8. The van der Waals surface area contributed by atoms with E-state index in [1.807, 2.05) is 0 Å². The summed E-state index contributed by atoms with van der Waals surface area (Å²) in [5.41, 5.74) is 20.4. The molecule has 70 heavy (non-hydrogen) atoms. The van der Waals surface area contributed by atoms with Gasteiger partial charge in [-0.05, 0) is 0 Å². The van der Waals surface area contributed by atoms with Crippen LogP contribution in [-0.4, -0.2) is 13.3 Å². The van der Waals surface area contributed by atoms with Gasteiger partial charge in [0.2, 0.25) is 0 Å². The van der Waals surface area contributed by atoms with E-state index in [0.29, 0.717) is 0 Å². The average Bonchev–Trinajstić information content (AvgIpc) is 4.16. The molecule has 0 aliphatic heterocycles. The van der Waals surface area contributed by atoms with Crippen LogP contribution in [-0.2, 0) is 28.1 Å². The van der Waals surface area contributed by atoms with Crippen molar-refractivity contribution in [3.8, 4) is 22.3 Å². The first kappa shape index (κ1) is 51.1. The van der Waals surface area contributed by atoms with Crippen molar-refractivity contribution in [1.82, 2.24) is 0 Å². The molecule has 0 aromatic heterocycles. The SMILES string of the molecule is CCCCC[CH]([Zr]([Cl])([Cl])([SiH2]C)([CH]1C(CC)=Cc2ccccc21)[CH]1C(C)=Cc2c(-c3ccccc3)cccc21)[Zr]([Cl])([Cl])([SiH2]C)([CH]1C(CC)=Cc2ccccc21)[CH]1C(C)=Cc2c(-c3ccccc3)cccc21. The molecule has 0 amide bonds. The van der Waals surface area contributed by atoms with Gasteiger partial charge in [-0.3, -0.25) is 0 Å². The maximum absolute atomic E-state index is 10.4. The summed E-state index contributed by atoms with van der Waals surface area (Å²) in [6, 6.07) is 54.1. The Kier molecular flexibility index (Phi) is 13.1. The van der Waals surface area contributed by atoms with Gasteiger partial charge in [-0.25, -0.2) is 0 Å². The molecule has 0 fully saturated rings. The van der Waals surface area contributed by atoms with Gasteiger partial charge in [0.05, 0.1) is 0 Å². The molecule has 4 aliphatic rings. The van der Waals surface area contributed by atoms with Gasteiger partial charge >= 0.3 is 437 Å². The number of unbranched alkanes of at least 4 members (excludes halogenated alkanes) is 2. The number of benzene rings is 6. The van der Waals surface area contributed by atoms with E-state index in [1.54, 1.807) is 0 Å². The molecule has 0 nitrogen and oxygen atoms in total. The van der Waals surface area contributed by atoms with Crippen molar-refractivity contribution in [2.24, 2.45) is 0 Å². The molecule has 0 radical (unpaired) electrons. The quantitative estimate of drug-likeness (QED) is 0.0669. The Morgan fingerprint density at radius 1 is 0.443 bits per heavy atom. The minimum atomic E-state index is -6.79. The van der Waals surface area contributed by atoms with Crippen molar-refractivity contribution in [1.29, 1.82) is 0 Å². The Morgan fingerprint density at radius 2 is 0.829 bits per heavy atom. The van der Waals surface area contributed by atoms with Gasteiger partial charge < -0.3 is 0 Å². The number of hydrogen-bond acceptors (Lipinski definition) is 0. The predicted molar refractivity (Wildman–Crippen MR) is 312 cm³/mol. The third-order valence-electron chi connectivity index (χ3n) is 19.3. The normalized spacial score (nSPS) is 22.0. The van der Waals surface area contributed by atoms with Crippen molar-refractivity contribution in [3.63, 3.8) is 0 Å². The molecular weight excluding hydrogens is 1130 g/mol. The topological polar surface area (TPSA) is 0 Å². The van der Waals surface area contributed by atoms with E-state index in [9.17, 15) is 34.1 Å². The van der Waals surface area contributed by atoms with Crippen LogP contribution in [0.5, 0.6) is 0 Å². The van der Waals surface area contributed by atoms with Gasteiger partial charge in [0.15, 0.2) is 0 Å². The second kappa shape index (κ2) is 17.9. The monoisotopic (exact) mass is 1190 g/mol. The third-order valence-corrected chi connectivity index (χ3v) is 179. The molecule has 0 N–H and O–H groups in total. The Hall–Kier alpha value is -2.36. The van der Waals surface area contributed by atoms with Gasteiger partial charge in [0.25, 0.3) is 0 Å². The van der Waals surface area contributed by atoms with Crippen LogP contribution in [0.4, 0.5) is 0 Å². The Morgan fingerprint density at radius 3 is 1.21 bits per heavy atom. The van der Waals surface area contributed by atoms with Gasteiger partial charge in [0, 0.05) is 0 Å². The van der Waals surface area contributed by atoms with Crippen LogP contribution in [0, 0.1) is 0 Å². The number of fused-ring (bicyclic) bond motifs is 4. The van der Waals surface area contributed by atoms with E-state index < -0.39 is 41.4 Å². The summed E-state index contributed by atoms with van der Waals surface area (Å²) in [4.78, 5) is 0. The summed E-state index contributed by atoms with van der Waals surface area (Å²) in [6.07, 6.45) is 15.6. The van der Waals surface area contributed by atoms with Crippen LogP contribution in [0.2, 0.25) is 14.4 Å². The van der Waals surface area contributed by atoms with Crippen molar-refractivity contribution < 1.29 is 28.1 Å². The zero-order chi connectivity index (χ0) is 49.4. The van der Waals surface area contributed by atoms with Crippen LogP contribution in [0.15, 0.2) is 168 Å². The van der Waals surface area contributed by atoms with Crippen LogP contribution in [0.25, 0.3) is 46.6 Å². The minimum absolute atomic E-state index is 0.180. The number of allylic oxidation sites excluding steroid dienone is 4. The van der Waals surface area contributed by atoms with E-state index in [-0.39, 0.29) is 15.8 Å². The summed E-state index contributed by atoms with van der Waals surface area (Å²) in [5.74, 6) is 0. The molecule has 6 aromatic rings. The molecular formula is C62H70Cl4Si2Zr2. The first-order valence-corrected chi connectivity index (χ1v) is 62.3. The fourth-order valence-corrected chi connectivity index (χ4v) is 284. The molecule has 0 heterocycles. The van der Waals surface area contributed by atoms with E-state index in [1.165, 1.54) is 89.1 Å². The zero-order valence-corrected chi connectivity index (χ0v) is 53.0. The second-order valence-electron chi connectivity index (χ2n) is 22.2. The number of halogens is 4. The summed E-state index contributed by atoms with van der Waals surface area (Å²) in [5, 5.41) is 0. The van der Waals surface area contributed by atoms with E-state index in [4.69, 9.17) is 0 Å². The molecule has 4 aliphatic carbocycles. The first-order valence-electron chi connectivity index (χ1n) is 26.4. The molecule has 0 spiro atoms. The molecule has 362 valence electrons. The van der Waals surface area contributed by atoms with E-state index in [0.717, 1.165) is 38.5 Å². The summed E-state index contributed by atoms with van der Waals surface area (Å²) in [6.45, 7) is 13.9. The van der Waals surface area contributed by atoms with Gasteiger partial charge in [0.1, 0.15) is 0 Å². The molecule has 0 saturated carbocycles. The van der Waals surface area contributed by atoms with Crippen LogP contribution in [0.1, 0.15) is 132 Å². The Balaban J connectivity index is 1.44. The number of rotatable bonds is 16. The van der Waals surface area contributed by atoms with Gasteiger partial charge in [-0.15, -0.1) is 0 Å². The fourth-order valence-electron chi connectivity index (χ4n) is 16.8. The van der Waals surface area contributed by atoms with Crippen molar-refractivity contribution in [2.45, 2.75) is 102 Å². The van der Waals surface area contributed by atoms with E-state index >= 15 is 0 Å². The standard InChI is InChI=1S/2C16H13.2C11H11.C6H12.2CH5Si.4ClH.2Zr/c2*1-12-10-14-8-5-9-15(16(14)11-12)13-6-3-2-4-7-13;2*1-2-9-7-10-5-3-4-6-11(10)8-9;1-3-5-6-4-2;2*1-2;;;;;;/h2*2-11H,1H3;2*3-8H,2H2,1H3;1H,3-6H2,2H3;2*2H2,1H3;4*1H;;/q;;;;;;;;;;;2*+2/p-4. The zero-order valence-electron chi connectivity index (χ0n) is 42.2. The average molecular weight is 1200 g/mol. The second-order valence-corrected chi connectivity index (χ2v) is 129. The fraction of sp³-hybridized carbons (Fsp3) is 0.290. The molecule has 8 heteroatoms. The van der Waals surface area contributed by atoms with Crippen molar-refractivity contribution in [3.05, 3.63) is 212 Å². The predicted octanol–water partition coefficient (Wildman–Crippen LogP) is 19.4. The van der Waals surface area contributed by atoms with Gasteiger partial charge in [-0.2, -0.15) is 0 Å². The van der Waals surface area contributed by atoms with Crippen molar-refractivity contribution >= 4 is 71.6 Å². The molecule has 4 atom stereocenters. The Bertz CT molecular complexity index is 3010. The molecule has 0 bridgehead atoms. The van der Waals surface area contributed by atoms with E-state index in [2.05, 4.69) is 218 Å². The third kappa shape index (κ3) is 6.95. The molecule has 0 saturated heterocycles. The van der Waals surface area contributed by atoms with Gasteiger partial charge in [-0.1, -0.05) is 0 Å². The summed E-state index contributed by atoms with van der Waals surface area (Å²) < 4.78 is -1.08. The Labute approximate surface area is 431 Å². The van der Waals surface area contributed by atoms with Crippen LogP contribution < -0.4 is 0 Å². The van der Waals surface area contributed by atoms with Crippen LogP contribution >= 0.6 is 34.1 Å². The first-order chi connectivity index (χ1) is 33.5. The maximum atomic E-state index is 10.4. The molecule has 4 unspecified atom stereocenters. The molecule has 10 rings (SSSR count).